The van der Waals surface area contributed by atoms with E-state index in [1.807, 2.05) is 6.92 Å². The molecule has 4 nitrogen and oxygen atoms in total. The van der Waals surface area contributed by atoms with Gasteiger partial charge in [0.1, 0.15) is 11.9 Å². The van der Waals surface area contributed by atoms with Gasteiger partial charge in [0, 0.05) is 12.1 Å². The van der Waals surface area contributed by atoms with Gasteiger partial charge in [-0.2, -0.15) is 0 Å². The lowest BCUT2D eigenvalue weighted by Crippen LogP contribution is -2.51. The van der Waals surface area contributed by atoms with Crippen LogP contribution in [-0.2, 0) is 16.0 Å². The molecule has 0 aromatic heterocycles. The Morgan fingerprint density at radius 1 is 1.14 bits per heavy atom. The smallest absolute Gasteiger partial charge is 0.309 e. The van der Waals surface area contributed by atoms with Crippen LogP contribution in [0.25, 0.3) is 0 Å². The molecule has 3 aliphatic heterocycles. The van der Waals surface area contributed by atoms with Gasteiger partial charge in [0.25, 0.3) is 0 Å². The van der Waals surface area contributed by atoms with E-state index in [1.165, 1.54) is 63.2 Å². The first-order valence-electron chi connectivity index (χ1n) is 11.8. The van der Waals surface area contributed by atoms with Crippen molar-refractivity contribution < 1.29 is 14.3 Å². The van der Waals surface area contributed by atoms with Crippen molar-refractivity contribution in [3.05, 3.63) is 29.3 Å². The second-order valence-electron chi connectivity index (χ2n) is 9.96. The molecule has 1 aliphatic carbocycles. The van der Waals surface area contributed by atoms with Crippen LogP contribution in [0.4, 0.5) is 0 Å². The van der Waals surface area contributed by atoms with Crippen LogP contribution in [-0.4, -0.2) is 31.3 Å². The maximum absolute atomic E-state index is 12.2. The van der Waals surface area contributed by atoms with Crippen LogP contribution in [0.1, 0.15) is 75.3 Å². The van der Waals surface area contributed by atoms with E-state index >= 15 is 0 Å². The summed E-state index contributed by atoms with van der Waals surface area (Å²) in [7, 11) is 1.50. The van der Waals surface area contributed by atoms with Crippen LogP contribution in [0.15, 0.2) is 18.2 Å². The number of rotatable bonds is 5. The monoisotopic (exact) mass is 397 g/mol. The van der Waals surface area contributed by atoms with Crippen molar-refractivity contribution in [1.82, 2.24) is 5.32 Å². The van der Waals surface area contributed by atoms with Gasteiger partial charge in [-0.3, -0.25) is 4.79 Å². The lowest BCUT2D eigenvalue weighted by molar-refractivity contribution is -0.145. The van der Waals surface area contributed by atoms with E-state index < -0.39 is 0 Å². The minimum absolute atomic E-state index is 0.0975. The summed E-state index contributed by atoms with van der Waals surface area (Å²) >= 11 is 0. The van der Waals surface area contributed by atoms with Crippen LogP contribution < -0.4 is 10.1 Å². The molecule has 1 saturated carbocycles. The standard InChI is InChI=1S/C25H35NO3/c1-15(25(27)28-2)24(17-7-8-17)18-9-6-16-10-11-22(29-23(16)14-18)19-12-20-4-3-5-21(13-19)26-20/h6,9,14-15,17,19-22,24,26H,3-5,7-8,10-13H2,1-2H3/t15-,19?,20?,21?,22?,24-/m0/s1. The van der Waals surface area contributed by atoms with Crippen molar-refractivity contribution in [2.45, 2.75) is 88.8 Å². The Kier molecular flexibility index (Phi) is 5.32. The Morgan fingerprint density at radius 3 is 2.59 bits per heavy atom. The van der Waals surface area contributed by atoms with Gasteiger partial charge < -0.3 is 14.8 Å². The lowest BCUT2D eigenvalue weighted by atomic mass is 9.76. The Bertz CT molecular complexity index is 746. The van der Waals surface area contributed by atoms with Crippen LogP contribution in [0.5, 0.6) is 5.75 Å². The molecule has 2 saturated heterocycles. The molecule has 2 bridgehead atoms. The number of fused-ring (bicyclic) bond motifs is 3. The highest BCUT2D eigenvalue weighted by molar-refractivity contribution is 5.73. The molecule has 5 rings (SSSR count). The third-order valence-corrected chi connectivity index (χ3v) is 7.97. The minimum atomic E-state index is -0.103. The number of esters is 1. The highest BCUT2D eigenvalue weighted by Gasteiger charge is 2.40. The third-order valence-electron chi connectivity index (χ3n) is 7.97. The number of benzene rings is 1. The first kappa shape index (κ1) is 19.4. The Morgan fingerprint density at radius 2 is 1.90 bits per heavy atom. The van der Waals surface area contributed by atoms with Crippen LogP contribution in [0.3, 0.4) is 0 Å². The molecule has 4 heteroatoms. The predicted molar refractivity (Wildman–Crippen MR) is 113 cm³/mol. The summed E-state index contributed by atoms with van der Waals surface area (Å²) in [5.74, 6) is 2.40. The first-order chi connectivity index (χ1) is 14.1. The third kappa shape index (κ3) is 3.93. The number of hydrogen-bond acceptors (Lipinski definition) is 4. The average Bonchev–Trinajstić information content (AvgIpc) is 3.57. The summed E-state index contributed by atoms with van der Waals surface area (Å²) in [5.41, 5.74) is 2.59. The second-order valence-corrected chi connectivity index (χ2v) is 9.96. The number of hydrogen-bond donors (Lipinski definition) is 1. The van der Waals surface area contributed by atoms with Crippen molar-refractivity contribution in [3.63, 3.8) is 0 Å². The summed E-state index contributed by atoms with van der Waals surface area (Å²) < 4.78 is 11.7. The normalized spacial score (nSPS) is 33.2. The molecular formula is C25H35NO3. The highest BCUT2D eigenvalue weighted by Crippen LogP contribution is 2.48. The van der Waals surface area contributed by atoms with E-state index in [1.54, 1.807) is 0 Å². The van der Waals surface area contributed by atoms with E-state index in [0.29, 0.717) is 30.0 Å². The largest absolute Gasteiger partial charge is 0.490 e. The summed E-state index contributed by atoms with van der Waals surface area (Å²) in [5, 5.41) is 3.81. The molecule has 3 unspecified atom stereocenters. The number of nitrogens with one attached hydrogen (secondary N) is 1. The van der Waals surface area contributed by atoms with Crippen molar-refractivity contribution in [1.29, 1.82) is 0 Å². The van der Waals surface area contributed by atoms with Gasteiger partial charge in [-0.25, -0.2) is 0 Å². The Hall–Kier alpha value is -1.55. The van der Waals surface area contributed by atoms with E-state index in [2.05, 4.69) is 23.5 Å². The fourth-order valence-electron chi connectivity index (χ4n) is 6.32. The molecule has 0 spiro atoms. The minimum Gasteiger partial charge on any atom is -0.490 e. The number of carbonyl (C=O) groups is 1. The molecule has 158 valence electrons. The fraction of sp³-hybridized carbons (Fsp3) is 0.720. The molecule has 0 amide bonds. The predicted octanol–water partition coefficient (Wildman–Crippen LogP) is 4.60. The van der Waals surface area contributed by atoms with Gasteiger partial charge in [-0.05, 0) is 86.3 Å². The van der Waals surface area contributed by atoms with Crippen LogP contribution >= 0.6 is 0 Å². The summed E-state index contributed by atoms with van der Waals surface area (Å²) in [4.78, 5) is 12.2. The fourth-order valence-corrected chi connectivity index (χ4v) is 6.32. The molecule has 3 fully saturated rings. The zero-order valence-electron chi connectivity index (χ0n) is 17.9. The Balaban J connectivity index is 1.34. The second kappa shape index (κ2) is 7.94. The van der Waals surface area contributed by atoms with Gasteiger partial charge >= 0.3 is 5.97 Å². The molecule has 1 aromatic carbocycles. The SMILES string of the molecule is COC(=O)[C@@H](C)[C@H](c1ccc2c(c1)OC(C1CC3CCCC(C1)N3)CC2)C1CC1. The van der Waals surface area contributed by atoms with Gasteiger partial charge in [0.15, 0.2) is 0 Å². The van der Waals surface area contributed by atoms with E-state index in [-0.39, 0.29) is 17.8 Å². The summed E-state index contributed by atoms with van der Waals surface area (Å²) in [6.45, 7) is 2.02. The topological polar surface area (TPSA) is 47.6 Å². The van der Waals surface area contributed by atoms with Gasteiger partial charge in [-0.1, -0.05) is 25.5 Å². The van der Waals surface area contributed by atoms with E-state index in [0.717, 1.165) is 18.6 Å². The lowest BCUT2D eigenvalue weighted by Gasteiger charge is -2.44. The van der Waals surface area contributed by atoms with Crippen molar-refractivity contribution in [2.24, 2.45) is 17.8 Å². The van der Waals surface area contributed by atoms with E-state index in [9.17, 15) is 4.79 Å². The van der Waals surface area contributed by atoms with Gasteiger partial charge in [0.2, 0.25) is 0 Å². The Labute approximate surface area is 174 Å². The molecule has 1 aromatic rings. The first-order valence-corrected chi connectivity index (χ1v) is 11.8. The molecular weight excluding hydrogens is 362 g/mol. The maximum Gasteiger partial charge on any atom is 0.309 e. The van der Waals surface area contributed by atoms with Crippen LogP contribution in [0.2, 0.25) is 0 Å². The number of piperidine rings is 2. The quantitative estimate of drug-likeness (QED) is 0.738. The molecule has 1 N–H and O–H groups in total. The van der Waals surface area contributed by atoms with E-state index in [4.69, 9.17) is 9.47 Å². The zero-order valence-corrected chi connectivity index (χ0v) is 17.9. The van der Waals surface area contributed by atoms with Crippen molar-refractivity contribution >= 4 is 5.97 Å². The zero-order chi connectivity index (χ0) is 20.0. The molecule has 0 radical (unpaired) electrons. The number of methoxy groups -OCH3 is 1. The summed E-state index contributed by atoms with van der Waals surface area (Å²) in [6, 6.07) is 8.14. The van der Waals surface area contributed by atoms with Gasteiger partial charge in [0.05, 0.1) is 13.0 Å². The molecule has 5 atom stereocenters. The van der Waals surface area contributed by atoms with Gasteiger partial charge in [-0.15, -0.1) is 0 Å². The molecule has 4 aliphatic rings. The summed E-state index contributed by atoms with van der Waals surface area (Å²) in [6.07, 6.45) is 11.6. The highest BCUT2D eigenvalue weighted by atomic mass is 16.5. The molecule has 3 heterocycles. The van der Waals surface area contributed by atoms with Crippen molar-refractivity contribution in [3.8, 4) is 5.75 Å². The van der Waals surface area contributed by atoms with Crippen LogP contribution in [0, 0.1) is 17.8 Å². The maximum atomic E-state index is 12.2. The molecule has 29 heavy (non-hydrogen) atoms. The van der Waals surface area contributed by atoms with Crippen molar-refractivity contribution in [2.75, 3.05) is 7.11 Å². The number of carbonyl (C=O) groups excluding carboxylic acids is 1. The number of ether oxygens (including phenoxy) is 2. The number of aryl methyl sites for hydroxylation is 1. The average molecular weight is 398 g/mol.